The number of hydrogen-bond donors (Lipinski definition) is 2. The van der Waals surface area contributed by atoms with Crippen molar-refractivity contribution in [2.75, 3.05) is 20.2 Å². The van der Waals surface area contributed by atoms with Crippen molar-refractivity contribution in [3.05, 3.63) is 0 Å². The molecule has 6 heteroatoms. The van der Waals surface area contributed by atoms with Gasteiger partial charge in [-0.15, -0.1) is 0 Å². The van der Waals surface area contributed by atoms with Gasteiger partial charge in [0.15, 0.2) is 0 Å². The summed E-state index contributed by atoms with van der Waals surface area (Å²) in [6.45, 7) is 2.99. The summed E-state index contributed by atoms with van der Waals surface area (Å²) >= 11 is 0. The van der Waals surface area contributed by atoms with E-state index in [-0.39, 0.29) is 11.6 Å². The molecular weight excluding hydrogens is 260 g/mol. The quantitative estimate of drug-likeness (QED) is 0.819. The van der Waals surface area contributed by atoms with Gasteiger partial charge in [-0.3, -0.25) is 0 Å². The number of hydrogen-bond acceptors (Lipinski definition) is 3. The highest BCUT2D eigenvalue weighted by Crippen LogP contribution is 2.34. The third kappa shape index (κ3) is 3.06. The molecule has 6 nitrogen and oxygen atoms in total. The maximum Gasteiger partial charge on any atom is 0.326 e. The van der Waals surface area contributed by atoms with E-state index in [2.05, 4.69) is 5.32 Å². The molecule has 0 aromatic heterocycles. The summed E-state index contributed by atoms with van der Waals surface area (Å²) in [5.74, 6) is -0.575. The summed E-state index contributed by atoms with van der Waals surface area (Å²) in [4.78, 5) is 25.0. The summed E-state index contributed by atoms with van der Waals surface area (Å²) in [6.07, 6.45) is 4.39. The van der Waals surface area contributed by atoms with Crippen molar-refractivity contribution < 1.29 is 19.4 Å². The van der Waals surface area contributed by atoms with Crippen LogP contribution in [0.15, 0.2) is 0 Å². The van der Waals surface area contributed by atoms with Gasteiger partial charge in [-0.05, 0) is 38.0 Å². The summed E-state index contributed by atoms with van der Waals surface area (Å²) in [5, 5.41) is 12.1. The molecule has 0 aromatic rings. The Morgan fingerprint density at radius 3 is 2.65 bits per heavy atom. The van der Waals surface area contributed by atoms with Gasteiger partial charge in [0, 0.05) is 20.2 Å². The second kappa shape index (κ2) is 5.99. The Kier molecular flexibility index (Phi) is 4.52. The van der Waals surface area contributed by atoms with Crippen LogP contribution in [0.3, 0.4) is 0 Å². The molecule has 2 N–H and O–H groups in total. The van der Waals surface area contributed by atoms with E-state index in [0.29, 0.717) is 25.4 Å². The summed E-state index contributed by atoms with van der Waals surface area (Å²) in [6, 6.07) is -0.994. The zero-order chi connectivity index (χ0) is 14.8. The number of methoxy groups -OCH3 is 1. The molecule has 1 heterocycles. The maximum atomic E-state index is 12.2. The molecule has 2 rings (SSSR count). The Hall–Kier alpha value is -1.30. The molecule has 2 fully saturated rings. The van der Waals surface area contributed by atoms with E-state index in [1.54, 1.807) is 7.11 Å². The van der Waals surface area contributed by atoms with Gasteiger partial charge in [0.1, 0.15) is 6.04 Å². The van der Waals surface area contributed by atoms with Gasteiger partial charge >= 0.3 is 12.0 Å². The standard InChI is InChI=1S/C14H24N2O4/c1-10-4-7-16(11(8-10)12(17)18)13(19)15-9-14(20-2)5-3-6-14/h10-11H,3-9H2,1-2H3,(H,15,19)(H,17,18). The third-order valence-corrected chi connectivity index (χ3v) is 4.67. The number of urea groups is 1. The third-order valence-electron chi connectivity index (χ3n) is 4.67. The number of carboxylic acids is 1. The van der Waals surface area contributed by atoms with E-state index in [1.807, 2.05) is 6.92 Å². The molecular formula is C14H24N2O4. The Labute approximate surface area is 119 Å². The van der Waals surface area contributed by atoms with E-state index in [1.165, 1.54) is 4.90 Å². The number of carbonyl (C=O) groups is 2. The number of nitrogens with one attached hydrogen (secondary N) is 1. The monoisotopic (exact) mass is 284 g/mol. The number of aliphatic carboxylic acids is 1. The van der Waals surface area contributed by atoms with Gasteiger partial charge in [0.25, 0.3) is 0 Å². The van der Waals surface area contributed by atoms with E-state index < -0.39 is 12.0 Å². The summed E-state index contributed by atoms with van der Waals surface area (Å²) in [5.41, 5.74) is -0.239. The minimum Gasteiger partial charge on any atom is -0.480 e. The molecule has 1 aliphatic heterocycles. The Morgan fingerprint density at radius 2 is 2.15 bits per heavy atom. The first-order chi connectivity index (χ1) is 9.47. The predicted octanol–water partition coefficient (Wildman–Crippen LogP) is 1.45. The number of nitrogens with zero attached hydrogens (tertiary/aromatic N) is 1. The number of amides is 2. The van der Waals surface area contributed by atoms with Gasteiger partial charge in [0.05, 0.1) is 5.60 Å². The number of ether oxygens (including phenoxy) is 1. The first-order valence-electron chi connectivity index (χ1n) is 7.30. The van der Waals surface area contributed by atoms with Crippen molar-refractivity contribution in [3.63, 3.8) is 0 Å². The predicted molar refractivity (Wildman–Crippen MR) is 73.5 cm³/mol. The Balaban J connectivity index is 1.91. The SMILES string of the molecule is COC1(CNC(=O)N2CCC(C)CC2C(=O)O)CCC1. The molecule has 1 aliphatic carbocycles. The zero-order valence-electron chi connectivity index (χ0n) is 12.2. The van der Waals surface area contributed by atoms with Crippen molar-refractivity contribution >= 4 is 12.0 Å². The van der Waals surface area contributed by atoms with Gasteiger partial charge < -0.3 is 20.1 Å². The van der Waals surface area contributed by atoms with Crippen LogP contribution in [0.5, 0.6) is 0 Å². The highest BCUT2D eigenvalue weighted by Gasteiger charge is 2.39. The highest BCUT2D eigenvalue weighted by atomic mass is 16.5. The fourth-order valence-corrected chi connectivity index (χ4v) is 2.98. The number of carbonyl (C=O) groups excluding carboxylic acids is 1. The molecule has 1 saturated heterocycles. The van der Waals surface area contributed by atoms with Crippen molar-refractivity contribution in [2.24, 2.45) is 5.92 Å². The lowest BCUT2D eigenvalue weighted by atomic mass is 9.80. The fraction of sp³-hybridized carbons (Fsp3) is 0.857. The first kappa shape index (κ1) is 15.1. The van der Waals surface area contributed by atoms with E-state index in [4.69, 9.17) is 4.74 Å². The Morgan fingerprint density at radius 1 is 1.45 bits per heavy atom. The van der Waals surface area contributed by atoms with E-state index >= 15 is 0 Å². The Bertz CT molecular complexity index is 376. The van der Waals surface area contributed by atoms with Crippen LogP contribution in [0.4, 0.5) is 4.79 Å². The second-order valence-corrected chi connectivity index (χ2v) is 6.08. The molecule has 2 atom stereocenters. The van der Waals surface area contributed by atoms with Crippen LogP contribution in [0, 0.1) is 5.92 Å². The molecule has 2 aliphatic rings. The van der Waals surface area contributed by atoms with Gasteiger partial charge in [-0.1, -0.05) is 6.92 Å². The molecule has 2 unspecified atom stereocenters. The second-order valence-electron chi connectivity index (χ2n) is 6.08. The molecule has 0 aromatic carbocycles. The molecule has 20 heavy (non-hydrogen) atoms. The zero-order valence-corrected chi connectivity index (χ0v) is 12.2. The van der Waals surface area contributed by atoms with Crippen molar-refractivity contribution in [2.45, 2.75) is 50.7 Å². The normalized spacial score (nSPS) is 28.6. The number of likely N-dealkylation sites (tertiary alicyclic amines) is 1. The number of rotatable bonds is 4. The number of carboxylic acid groups (broad SMARTS) is 1. The average Bonchev–Trinajstić information content (AvgIpc) is 2.37. The minimum atomic E-state index is -0.920. The van der Waals surface area contributed by atoms with Crippen LogP contribution in [0.2, 0.25) is 0 Å². The molecule has 0 spiro atoms. The van der Waals surface area contributed by atoms with Crippen LogP contribution in [-0.4, -0.2) is 53.8 Å². The molecule has 0 radical (unpaired) electrons. The van der Waals surface area contributed by atoms with Crippen molar-refractivity contribution in [1.82, 2.24) is 10.2 Å². The van der Waals surface area contributed by atoms with Crippen molar-refractivity contribution in [1.29, 1.82) is 0 Å². The lowest BCUT2D eigenvalue weighted by Crippen LogP contribution is -2.57. The maximum absolute atomic E-state index is 12.2. The van der Waals surface area contributed by atoms with Crippen LogP contribution in [0.1, 0.15) is 39.0 Å². The summed E-state index contributed by atoms with van der Waals surface area (Å²) < 4.78 is 5.45. The first-order valence-corrected chi connectivity index (χ1v) is 7.30. The van der Waals surface area contributed by atoms with Crippen molar-refractivity contribution in [3.8, 4) is 0 Å². The van der Waals surface area contributed by atoms with E-state index in [9.17, 15) is 14.7 Å². The fourth-order valence-electron chi connectivity index (χ4n) is 2.98. The van der Waals surface area contributed by atoms with Gasteiger partial charge in [-0.25, -0.2) is 9.59 Å². The largest absolute Gasteiger partial charge is 0.480 e. The highest BCUT2D eigenvalue weighted by molar-refractivity contribution is 5.83. The molecule has 114 valence electrons. The van der Waals surface area contributed by atoms with Crippen LogP contribution >= 0.6 is 0 Å². The van der Waals surface area contributed by atoms with Crippen LogP contribution in [-0.2, 0) is 9.53 Å². The van der Waals surface area contributed by atoms with Crippen LogP contribution in [0.25, 0.3) is 0 Å². The minimum absolute atomic E-state index is 0.239. The molecule has 0 bridgehead atoms. The topological polar surface area (TPSA) is 78.9 Å². The van der Waals surface area contributed by atoms with Crippen LogP contribution < -0.4 is 5.32 Å². The number of piperidine rings is 1. The molecule has 2 amide bonds. The average molecular weight is 284 g/mol. The lowest BCUT2D eigenvalue weighted by Gasteiger charge is -2.42. The summed E-state index contributed by atoms with van der Waals surface area (Å²) in [7, 11) is 1.66. The smallest absolute Gasteiger partial charge is 0.326 e. The molecule has 1 saturated carbocycles. The lowest BCUT2D eigenvalue weighted by molar-refractivity contribution is -0.143. The van der Waals surface area contributed by atoms with E-state index in [0.717, 1.165) is 25.7 Å². The van der Waals surface area contributed by atoms with Gasteiger partial charge in [0.2, 0.25) is 0 Å². The van der Waals surface area contributed by atoms with Gasteiger partial charge in [-0.2, -0.15) is 0 Å².